The van der Waals surface area contributed by atoms with Crippen LogP contribution in [0.2, 0.25) is 5.02 Å². The molecule has 2 nitrogen and oxygen atoms in total. The molecule has 0 saturated carbocycles. The largest absolute Gasteiger partial charge is 0.383 e. The molecule has 1 unspecified atom stereocenters. The van der Waals surface area contributed by atoms with Crippen LogP contribution in [0.15, 0.2) is 22.7 Å². The summed E-state index contributed by atoms with van der Waals surface area (Å²) in [7, 11) is 1.71. The first-order valence-corrected chi connectivity index (χ1v) is 6.53. The molecule has 1 aromatic carbocycles. The van der Waals surface area contributed by atoms with Crippen molar-refractivity contribution >= 4 is 27.5 Å². The number of ether oxygens (including phenoxy) is 1. The van der Waals surface area contributed by atoms with Gasteiger partial charge in [-0.15, -0.1) is 0 Å². The third kappa shape index (κ3) is 4.06. The fourth-order valence-electron chi connectivity index (χ4n) is 1.53. The Morgan fingerprint density at radius 1 is 1.50 bits per heavy atom. The number of hydrogen-bond acceptors (Lipinski definition) is 2. The lowest BCUT2D eigenvalue weighted by Crippen LogP contribution is -2.26. The second-order valence-electron chi connectivity index (χ2n) is 3.63. The predicted molar refractivity (Wildman–Crippen MR) is 72.1 cm³/mol. The first-order chi connectivity index (χ1) is 7.69. The summed E-state index contributed by atoms with van der Waals surface area (Å²) in [4.78, 5) is 0. The van der Waals surface area contributed by atoms with E-state index in [-0.39, 0.29) is 6.04 Å². The number of methoxy groups -OCH3 is 1. The van der Waals surface area contributed by atoms with Crippen molar-refractivity contribution in [2.24, 2.45) is 0 Å². The van der Waals surface area contributed by atoms with Gasteiger partial charge in [0.15, 0.2) is 0 Å². The molecule has 0 amide bonds. The molecular weight excluding hydrogens is 289 g/mol. The van der Waals surface area contributed by atoms with Crippen LogP contribution in [0.25, 0.3) is 0 Å². The Labute approximate surface area is 110 Å². The smallest absolute Gasteiger partial charge is 0.0658 e. The van der Waals surface area contributed by atoms with Gasteiger partial charge in [0, 0.05) is 16.6 Å². The van der Waals surface area contributed by atoms with Crippen molar-refractivity contribution in [3.8, 4) is 0 Å². The second-order valence-corrected chi connectivity index (χ2v) is 4.92. The molecule has 0 aliphatic carbocycles. The molecule has 0 saturated heterocycles. The molecule has 0 aromatic heterocycles. The van der Waals surface area contributed by atoms with Gasteiger partial charge in [-0.25, -0.2) is 0 Å². The van der Waals surface area contributed by atoms with Gasteiger partial charge in [0.1, 0.15) is 0 Å². The molecule has 90 valence electrons. The average molecular weight is 307 g/mol. The molecule has 0 bridgehead atoms. The molecule has 0 aliphatic heterocycles. The van der Waals surface area contributed by atoms with Crippen LogP contribution >= 0.6 is 27.5 Å². The summed E-state index contributed by atoms with van der Waals surface area (Å²) in [5, 5.41) is 4.19. The maximum absolute atomic E-state index is 6.01. The molecule has 16 heavy (non-hydrogen) atoms. The van der Waals surface area contributed by atoms with Crippen molar-refractivity contribution in [1.82, 2.24) is 5.32 Å². The van der Waals surface area contributed by atoms with E-state index in [1.54, 1.807) is 7.11 Å². The van der Waals surface area contributed by atoms with E-state index < -0.39 is 0 Å². The summed E-state index contributed by atoms with van der Waals surface area (Å²) >= 11 is 9.54. The number of nitrogens with one attached hydrogen (secondary N) is 1. The fourth-order valence-corrected chi connectivity index (χ4v) is 2.23. The Balaban J connectivity index is 2.85. The standard InChI is InChI=1S/C12H17BrClNO/c1-3-6-15-12(8-16-2)10-7-9(14)4-5-11(10)13/h4-5,7,12,15H,3,6,8H2,1-2H3. The highest BCUT2D eigenvalue weighted by atomic mass is 79.9. The number of rotatable bonds is 6. The van der Waals surface area contributed by atoms with Crippen LogP contribution in [0.3, 0.4) is 0 Å². The van der Waals surface area contributed by atoms with Gasteiger partial charge in [-0.05, 0) is 36.7 Å². The van der Waals surface area contributed by atoms with Gasteiger partial charge < -0.3 is 10.1 Å². The third-order valence-electron chi connectivity index (χ3n) is 2.31. The van der Waals surface area contributed by atoms with E-state index in [2.05, 4.69) is 28.2 Å². The topological polar surface area (TPSA) is 21.3 Å². The van der Waals surface area contributed by atoms with Crippen LogP contribution in [0.4, 0.5) is 0 Å². The summed E-state index contributed by atoms with van der Waals surface area (Å²) < 4.78 is 6.28. The lowest BCUT2D eigenvalue weighted by Gasteiger charge is -2.19. The van der Waals surface area contributed by atoms with E-state index in [0.717, 1.165) is 28.0 Å². The monoisotopic (exact) mass is 305 g/mol. The van der Waals surface area contributed by atoms with Crippen LogP contribution in [0.1, 0.15) is 24.9 Å². The first kappa shape index (κ1) is 14.0. The van der Waals surface area contributed by atoms with Gasteiger partial charge in [-0.2, -0.15) is 0 Å². The minimum atomic E-state index is 0.179. The maximum atomic E-state index is 6.01. The molecule has 0 aliphatic rings. The van der Waals surface area contributed by atoms with Crippen molar-refractivity contribution in [2.45, 2.75) is 19.4 Å². The number of benzene rings is 1. The minimum Gasteiger partial charge on any atom is -0.383 e. The average Bonchev–Trinajstić information content (AvgIpc) is 2.28. The van der Waals surface area contributed by atoms with Gasteiger partial charge in [0.05, 0.1) is 12.6 Å². The van der Waals surface area contributed by atoms with Crippen molar-refractivity contribution in [3.05, 3.63) is 33.3 Å². The highest BCUT2D eigenvalue weighted by Crippen LogP contribution is 2.27. The molecule has 0 radical (unpaired) electrons. The van der Waals surface area contributed by atoms with Crippen molar-refractivity contribution in [1.29, 1.82) is 0 Å². The molecule has 1 N–H and O–H groups in total. The van der Waals surface area contributed by atoms with Gasteiger partial charge >= 0.3 is 0 Å². The zero-order chi connectivity index (χ0) is 12.0. The second kappa shape index (κ2) is 7.28. The third-order valence-corrected chi connectivity index (χ3v) is 3.26. The lowest BCUT2D eigenvalue weighted by atomic mass is 10.1. The lowest BCUT2D eigenvalue weighted by molar-refractivity contribution is 0.167. The molecule has 1 atom stereocenters. The summed E-state index contributed by atoms with van der Waals surface area (Å²) in [6.07, 6.45) is 1.10. The Morgan fingerprint density at radius 3 is 2.88 bits per heavy atom. The first-order valence-electron chi connectivity index (χ1n) is 5.36. The van der Waals surface area contributed by atoms with E-state index in [0.29, 0.717) is 6.61 Å². The molecule has 1 rings (SSSR count). The van der Waals surface area contributed by atoms with E-state index in [1.807, 2.05) is 18.2 Å². The van der Waals surface area contributed by atoms with Gasteiger partial charge in [0.2, 0.25) is 0 Å². The van der Waals surface area contributed by atoms with Crippen molar-refractivity contribution < 1.29 is 4.74 Å². The van der Waals surface area contributed by atoms with Crippen molar-refractivity contribution in [2.75, 3.05) is 20.3 Å². The molecule has 0 heterocycles. The molecule has 4 heteroatoms. The normalized spacial score (nSPS) is 12.8. The summed E-state index contributed by atoms with van der Waals surface area (Å²) in [6.45, 7) is 3.75. The number of halogens is 2. The zero-order valence-electron chi connectivity index (χ0n) is 9.59. The molecule has 0 spiro atoms. The predicted octanol–water partition coefficient (Wildman–Crippen LogP) is 3.79. The summed E-state index contributed by atoms with van der Waals surface area (Å²) in [6, 6.07) is 5.99. The van der Waals surface area contributed by atoms with Crippen molar-refractivity contribution in [3.63, 3.8) is 0 Å². The molecule has 0 fully saturated rings. The van der Waals surface area contributed by atoms with E-state index in [9.17, 15) is 0 Å². The van der Waals surface area contributed by atoms with E-state index >= 15 is 0 Å². The van der Waals surface area contributed by atoms with Gasteiger partial charge in [0.25, 0.3) is 0 Å². The van der Waals surface area contributed by atoms with Crippen LogP contribution in [0.5, 0.6) is 0 Å². The van der Waals surface area contributed by atoms with Gasteiger partial charge in [-0.3, -0.25) is 0 Å². The Bertz CT molecular complexity index is 333. The minimum absolute atomic E-state index is 0.179. The quantitative estimate of drug-likeness (QED) is 0.863. The summed E-state index contributed by atoms with van der Waals surface area (Å²) in [5.41, 5.74) is 1.14. The van der Waals surface area contributed by atoms with Crippen LogP contribution in [0, 0.1) is 0 Å². The van der Waals surface area contributed by atoms with Crippen LogP contribution in [-0.4, -0.2) is 20.3 Å². The van der Waals surface area contributed by atoms with E-state index in [4.69, 9.17) is 16.3 Å². The zero-order valence-corrected chi connectivity index (χ0v) is 11.9. The Hall–Kier alpha value is -0.0900. The Morgan fingerprint density at radius 2 is 2.25 bits per heavy atom. The summed E-state index contributed by atoms with van der Waals surface area (Å²) in [5.74, 6) is 0. The van der Waals surface area contributed by atoms with Gasteiger partial charge in [-0.1, -0.05) is 34.5 Å². The number of hydrogen-bond donors (Lipinski definition) is 1. The highest BCUT2D eigenvalue weighted by Gasteiger charge is 2.13. The molecular formula is C12H17BrClNO. The fraction of sp³-hybridized carbons (Fsp3) is 0.500. The maximum Gasteiger partial charge on any atom is 0.0658 e. The van der Waals surface area contributed by atoms with Crippen LogP contribution in [-0.2, 0) is 4.74 Å². The van der Waals surface area contributed by atoms with E-state index in [1.165, 1.54) is 0 Å². The Kier molecular flexibility index (Phi) is 6.36. The highest BCUT2D eigenvalue weighted by molar-refractivity contribution is 9.10. The molecule has 1 aromatic rings. The SMILES string of the molecule is CCCNC(COC)c1cc(Cl)ccc1Br. The van der Waals surface area contributed by atoms with Crippen LogP contribution < -0.4 is 5.32 Å².